The van der Waals surface area contributed by atoms with Gasteiger partial charge >= 0.3 is 5.69 Å². The Morgan fingerprint density at radius 3 is 2.63 bits per heavy atom. The number of imidazole rings is 1. The predicted octanol–water partition coefficient (Wildman–Crippen LogP) is 0.218. The lowest BCUT2D eigenvalue weighted by atomic mass is 10.2. The van der Waals surface area contributed by atoms with Crippen molar-refractivity contribution in [1.29, 1.82) is 0 Å². The van der Waals surface area contributed by atoms with Crippen molar-refractivity contribution in [2.75, 3.05) is 26.2 Å². The number of amides is 1. The number of fused-ring (bicyclic) bond motifs is 1. The van der Waals surface area contributed by atoms with Crippen molar-refractivity contribution >= 4 is 17.1 Å². The Balaban J connectivity index is 1.24. The van der Waals surface area contributed by atoms with Crippen molar-refractivity contribution in [1.82, 2.24) is 38.6 Å². The molecule has 0 aliphatic carbocycles. The number of carbonyl (C=O) groups excluding carboxylic acids is 1. The van der Waals surface area contributed by atoms with Gasteiger partial charge in [0.05, 0.1) is 12.9 Å². The maximum Gasteiger partial charge on any atom is 0.332 e. The summed E-state index contributed by atoms with van der Waals surface area (Å²) in [6, 6.07) is 9.62. The average Bonchev–Trinajstić information content (AvgIpc) is 3.44. The van der Waals surface area contributed by atoms with Gasteiger partial charge in [-0.3, -0.25) is 23.6 Å². The van der Waals surface area contributed by atoms with Crippen molar-refractivity contribution in [2.45, 2.75) is 19.5 Å². The molecule has 4 aromatic rings. The highest BCUT2D eigenvalue weighted by atomic mass is 16.5. The van der Waals surface area contributed by atoms with Gasteiger partial charge in [0.2, 0.25) is 5.91 Å². The first kappa shape index (κ1) is 22.7. The number of nitrogens with zero attached hydrogens (tertiary/aromatic N) is 8. The van der Waals surface area contributed by atoms with E-state index in [-0.39, 0.29) is 23.6 Å². The molecule has 12 nitrogen and oxygen atoms in total. The van der Waals surface area contributed by atoms with Crippen molar-refractivity contribution in [3.05, 3.63) is 63.3 Å². The van der Waals surface area contributed by atoms with Gasteiger partial charge in [-0.1, -0.05) is 23.4 Å². The van der Waals surface area contributed by atoms with Crippen LogP contribution in [0.1, 0.15) is 12.2 Å². The number of aryl methyl sites for hydroxylation is 1. The molecular weight excluding hydrogens is 452 g/mol. The van der Waals surface area contributed by atoms with Crippen LogP contribution in [-0.2, 0) is 32.0 Å². The van der Waals surface area contributed by atoms with Gasteiger partial charge in [-0.05, 0) is 18.6 Å². The monoisotopic (exact) mass is 478 g/mol. The lowest BCUT2D eigenvalue weighted by Crippen LogP contribution is -2.39. The molecule has 4 heterocycles. The molecule has 1 saturated heterocycles. The molecule has 0 bridgehead atoms. The number of carbonyl (C=O) groups is 1. The summed E-state index contributed by atoms with van der Waals surface area (Å²) in [5.41, 5.74) is 0.462. The van der Waals surface area contributed by atoms with Crippen LogP contribution in [0.2, 0.25) is 0 Å². The molecule has 1 aliphatic heterocycles. The Labute approximate surface area is 200 Å². The van der Waals surface area contributed by atoms with Gasteiger partial charge in [0.15, 0.2) is 17.0 Å². The SMILES string of the molecule is Cn1c(=O)c2c(ncn2CC(=O)N2CCCN(Cc3noc(-c4ccccc4)n3)CC2)n(C)c1=O. The lowest BCUT2D eigenvalue weighted by Gasteiger charge is -2.21. The first-order chi connectivity index (χ1) is 16.9. The molecule has 35 heavy (non-hydrogen) atoms. The maximum atomic E-state index is 13.1. The summed E-state index contributed by atoms with van der Waals surface area (Å²) in [7, 11) is 2.97. The van der Waals surface area contributed by atoms with E-state index in [0.717, 1.165) is 23.1 Å². The van der Waals surface area contributed by atoms with Crippen LogP contribution in [0.25, 0.3) is 22.6 Å². The molecule has 0 saturated carbocycles. The zero-order valence-corrected chi connectivity index (χ0v) is 19.6. The standard InChI is InChI=1S/C23H26N8O4/c1-27-20-19(22(33)28(2)23(27)34)31(15-24-20)14-18(32)30-10-6-9-29(11-12-30)13-17-25-21(35-26-17)16-7-4-3-5-8-16/h3-5,7-8,15H,6,9-14H2,1-2H3. The fourth-order valence-corrected chi connectivity index (χ4v) is 4.36. The molecule has 1 aliphatic rings. The summed E-state index contributed by atoms with van der Waals surface area (Å²) in [5, 5.41) is 4.10. The zero-order valence-electron chi connectivity index (χ0n) is 19.6. The van der Waals surface area contributed by atoms with Crippen LogP contribution in [0, 0.1) is 0 Å². The first-order valence-electron chi connectivity index (χ1n) is 11.4. The van der Waals surface area contributed by atoms with Crippen LogP contribution in [0.4, 0.5) is 0 Å². The molecule has 1 amide bonds. The third-order valence-electron chi connectivity index (χ3n) is 6.32. The first-order valence-corrected chi connectivity index (χ1v) is 11.4. The molecule has 12 heteroatoms. The molecule has 0 atom stereocenters. The largest absolute Gasteiger partial charge is 0.340 e. The quantitative estimate of drug-likeness (QED) is 0.399. The second-order valence-electron chi connectivity index (χ2n) is 8.64. The van der Waals surface area contributed by atoms with Crippen LogP contribution in [0.3, 0.4) is 0 Å². The minimum Gasteiger partial charge on any atom is -0.340 e. The molecule has 182 valence electrons. The van der Waals surface area contributed by atoms with Crippen molar-refractivity contribution in [2.24, 2.45) is 14.1 Å². The highest BCUT2D eigenvalue weighted by Crippen LogP contribution is 2.17. The summed E-state index contributed by atoms with van der Waals surface area (Å²) < 4.78 is 9.25. The van der Waals surface area contributed by atoms with Crippen LogP contribution >= 0.6 is 0 Å². The van der Waals surface area contributed by atoms with E-state index in [1.54, 1.807) is 11.9 Å². The van der Waals surface area contributed by atoms with Gasteiger partial charge in [0.25, 0.3) is 11.4 Å². The fraction of sp³-hybridized carbons (Fsp3) is 0.391. The number of aromatic nitrogens is 6. The average molecular weight is 479 g/mol. The normalized spacial score (nSPS) is 15.0. The molecule has 0 N–H and O–H groups in total. The van der Waals surface area contributed by atoms with Gasteiger partial charge in [0.1, 0.15) is 6.54 Å². The summed E-state index contributed by atoms with van der Waals surface area (Å²) in [5.74, 6) is 0.992. The van der Waals surface area contributed by atoms with Gasteiger partial charge in [-0.15, -0.1) is 0 Å². The van der Waals surface area contributed by atoms with Gasteiger partial charge in [0, 0.05) is 45.8 Å². The predicted molar refractivity (Wildman–Crippen MR) is 126 cm³/mol. The van der Waals surface area contributed by atoms with Crippen molar-refractivity contribution < 1.29 is 9.32 Å². The van der Waals surface area contributed by atoms with E-state index in [4.69, 9.17) is 4.52 Å². The van der Waals surface area contributed by atoms with Crippen LogP contribution in [0.15, 0.2) is 50.8 Å². The lowest BCUT2D eigenvalue weighted by molar-refractivity contribution is -0.131. The molecule has 3 aromatic heterocycles. The van der Waals surface area contributed by atoms with E-state index >= 15 is 0 Å². The number of hydrogen-bond acceptors (Lipinski definition) is 8. The Bertz CT molecular complexity index is 1480. The molecule has 1 aromatic carbocycles. The Hall–Kier alpha value is -4.06. The van der Waals surface area contributed by atoms with Gasteiger partial charge in [-0.25, -0.2) is 9.78 Å². The van der Waals surface area contributed by atoms with E-state index in [9.17, 15) is 14.4 Å². The van der Waals surface area contributed by atoms with Crippen LogP contribution < -0.4 is 11.2 Å². The van der Waals surface area contributed by atoms with E-state index in [1.165, 1.54) is 22.5 Å². The van der Waals surface area contributed by atoms with Crippen molar-refractivity contribution in [3.63, 3.8) is 0 Å². The molecule has 5 rings (SSSR count). The third-order valence-corrected chi connectivity index (χ3v) is 6.32. The summed E-state index contributed by atoms with van der Waals surface area (Å²) in [6.45, 7) is 3.15. The smallest absolute Gasteiger partial charge is 0.332 e. The van der Waals surface area contributed by atoms with Crippen molar-refractivity contribution in [3.8, 4) is 11.5 Å². The topological polar surface area (TPSA) is 124 Å². The highest BCUT2D eigenvalue weighted by molar-refractivity contribution is 5.79. The number of benzene rings is 1. The Kier molecular flexibility index (Phi) is 6.03. The Morgan fingerprint density at radius 2 is 1.83 bits per heavy atom. The fourth-order valence-electron chi connectivity index (χ4n) is 4.36. The number of rotatable bonds is 5. The highest BCUT2D eigenvalue weighted by Gasteiger charge is 2.23. The van der Waals surface area contributed by atoms with Gasteiger partial charge in [-0.2, -0.15) is 4.98 Å². The van der Waals surface area contributed by atoms with E-state index < -0.39 is 11.2 Å². The molecular formula is C23H26N8O4. The molecule has 0 unspecified atom stereocenters. The Morgan fingerprint density at radius 1 is 1.03 bits per heavy atom. The minimum absolute atomic E-state index is 0.0186. The van der Waals surface area contributed by atoms with Crippen LogP contribution in [-0.4, -0.2) is 70.7 Å². The second kappa shape index (κ2) is 9.29. The third kappa shape index (κ3) is 4.39. The molecule has 1 fully saturated rings. The maximum absolute atomic E-state index is 13.1. The second-order valence-corrected chi connectivity index (χ2v) is 8.64. The summed E-state index contributed by atoms with van der Waals surface area (Å²) in [6.07, 6.45) is 2.24. The van der Waals surface area contributed by atoms with E-state index in [2.05, 4.69) is 20.0 Å². The summed E-state index contributed by atoms with van der Waals surface area (Å²) in [4.78, 5) is 50.5. The number of hydrogen-bond donors (Lipinski definition) is 0. The van der Waals surface area contributed by atoms with Crippen LogP contribution in [0.5, 0.6) is 0 Å². The summed E-state index contributed by atoms with van der Waals surface area (Å²) >= 11 is 0. The van der Waals surface area contributed by atoms with E-state index in [0.29, 0.717) is 37.9 Å². The van der Waals surface area contributed by atoms with E-state index in [1.807, 2.05) is 30.3 Å². The zero-order chi connectivity index (χ0) is 24.5. The molecule has 0 radical (unpaired) electrons. The minimum atomic E-state index is -0.467. The van der Waals surface area contributed by atoms with Gasteiger partial charge < -0.3 is 14.0 Å². The molecule has 0 spiro atoms.